The average molecular weight is 516 g/mol. The minimum Gasteiger partial charge on any atom is -0.340 e. The molecule has 7 nitrogen and oxygen atoms in total. The zero-order valence-electron chi connectivity index (χ0n) is 21.4. The molecule has 1 saturated heterocycles. The van der Waals surface area contributed by atoms with E-state index in [-0.39, 0.29) is 5.56 Å². The molecule has 0 bridgehead atoms. The molecule has 1 aliphatic heterocycles. The number of rotatable bonds is 7. The van der Waals surface area contributed by atoms with Gasteiger partial charge in [-0.1, -0.05) is 72.8 Å². The number of fused-ring (bicyclic) bond motifs is 3. The highest BCUT2D eigenvalue weighted by molar-refractivity contribution is 5.92. The number of nitrogens with one attached hydrogen (secondary N) is 1. The predicted molar refractivity (Wildman–Crippen MR) is 151 cm³/mol. The second-order valence-electron chi connectivity index (χ2n) is 10.7. The number of benzene rings is 4. The minimum atomic E-state index is -0.607. The quantitative estimate of drug-likeness (QED) is 0.234. The molecule has 2 fully saturated rings. The van der Waals surface area contributed by atoms with Crippen LogP contribution in [0.1, 0.15) is 21.5 Å². The van der Waals surface area contributed by atoms with Crippen molar-refractivity contribution in [2.75, 3.05) is 18.0 Å². The van der Waals surface area contributed by atoms with Gasteiger partial charge < -0.3 is 4.90 Å². The molecule has 2 atom stereocenters. The van der Waals surface area contributed by atoms with Gasteiger partial charge in [0.2, 0.25) is 5.95 Å². The van der Waals surface area contributed by atoms with Gasteiger partial charge in [0, 0.05) is 44.6 Å². The van der Waals surface area contributed by atoms with Gasteiger partial charge in [0.25, 0.3) is 5.91 Å². The highest BCUT2D eigenvalue weighted by Crippen LogP contribution is 2.50. The molecular weight excluding hydrogens is 486 g/mol. The molecule has 1 aromatic heterocycles. The van der Waals surface area contributed by atoms with Crippen molar-refractivity contribution in [2.24, 2.45) is 11.8 Å². The molecular formula is C32H29N5O2. The summed E-state index contributed by atoms with van der Waals surface area (Å²) in [5, 5.41) is 13.9. The molecule has 194 valence electrons. The maximum absolute atomic E-state index is 11.6. The van der Waals surface area contributed by atoms with E-state index >= 15 is 0 Å². The van der Waals surface area contributed by atoms with Crippen LogP contribution in [0.2, 0.25) is 0 Å². The van der Waals surface area contributed by atoms with Crippen LogP contribution in [-0.2, 0) is 13.1 Å². The summed E-state index contributed by atoms with van der Waals surface area (Å²) in [4.78, 5) is 25.2. The molecule has 2 N–H and O–H groups in total. The van der Waals surface area contributed by atoms with E-state index in [0.29, 0.717) is 23.8 Å². The van der Waals surface area contributed by atoms with E-state index in [0.717, 1.165) is 26.2 Å². The first-order chi connectivity index (χ1) is 19.2. The van der Waals surface area contributed by atoms with Gasteiger partial charge in [0.1, 0.15) is 0 Å². The monoisotopic (exact) mass is 515 g/mol. The van der Waals surface area contributed by atoms with Gasteiger partial charge in [0.05, 0.1) is 5.56 Å². The highest BCUT2D eigenvalue weighted by Gasteiger charge is 2.58. The van der Waals surface area contributed by atoms with E-state index in [1.54, 1.807) is 5.48 Å². The molecule has 39 heavy (non-hydrogen) atoms. The summed E-state index contributed by atoms with van der Waals surface area (Å²) in [7, 11) is 0. The number of piperidine rings is 1. The van der Waals surface area contributed by atoms with E-state index in [9.17, 15) is 4.79 Å². The minimum absolute atomic E-state index is 0.237. The zero-order chi connectivity index (χ0) is 26.3. The molecule has 1 aliphatic carbocycles. The summed E-state index contributed by atoms with van der Waals surface area (Å²) < 4.78 is 0. The first-order valence-electron chi connectivity index (χ1n) is 13.4. The lowest BCUT2D eigenvalue weighted by molar-refractivity contribution is 0.0705. The number of nitrogens with zero attached hydrogens (tertiary/aromatic N) is 4. The van der Waals surface area contributed by atoms with Crippen LogP contribution < -0.4 is 10.4 Å². The van der Waals surface area contributed by atoms with Crippen LogP contribution in [0.4, 0.5) is 5.95 Å². The SMILES string of the molecule is O=C(NO)c1cnc(N2CC3C(C2)C3N(Cc2ccc3ccccc3c2)Cc2ccc3ccccc3c2)nc1. The smallest absolute Gasteiger partial charge is 0.277 e. The Bertz CT molecular complexity index is 1580. The first kappa shape index (κ1) is 23.8. The van der Waals surface area contributed by atoms with E-state index in [2.05, 4.69) is 105 Å². The van der Waals surface area contributed by atoms with Crippen LogP contribution in [0.15, 0.2) is 97.3 Å². The normalized spacial score (nSPS) is 19.9. The lowest BCUT2D eigenvalue weighted by Gasteiger charge is -2.28. The molecule has 1 saturated carbocycles. The van der Waals surface area contributed by atoms with Crippen molar-refractivity contribution >= 4 is 33.4 Å². The van der Waals surface area contributed by atoms with Crippen LogP contribution in [0.25, 0.3) is 21.5 Å². The highest BCUT2D eigenvalue weighted by atomic mass is 16.5. The Balaban J connectivity index is 1.12. The van der Waals surface area contributed by atoms with Crippen molar-refractivity contribution in [2.45, 2.75) is 19.1 Å². The second-order valence-corrected chi connectivity index (χ2v) is 10.7. The summed E-state index contributed by atoms with van der Waals surface area (Å²) in [6, 6.07) is 31.2. The number of carbonyl (C=O) groups is 1. The first-order valence-corrected chi connectivity index (χ1v) is 13.4. The fourth-order valence-electron chi connectivity index (χ4n) is 6.28. The van der Waals surface area contributed by atoms with Gasteiger partial charge in [0.15, 0.2) is 0 Å². The van der Waals surface area contributed by atoms with Gasteiger partial charge in [-0.05, 0) is 56.6 Å². The summed E-state index contributed by atoms with van der Waals surface area (Å²) in [6.07, 6.45) is 2.92. The fraction of sp³-hybridized carbons (Fsp3) is 0.219. The van der Waals surface area contributed by atoms with Crippen LogP contribution in [0.3, 0.4) is 0 Å². The van der Waals surface area contributed by atoms with E-state index in [1.807, 2.05) is 0 Å². The van der Waals surface area contributed by atoms with Crippen LogP contribution in [0, 0.1) is 11.8 Å². The van der Waals surface area contributed by atoms with Gasteiger partial charge in [-0.2, -0.15) is 0 Å². The maximum atomic E-state index is 11.6. The van der Waals surface area contributed by atoms with Gasteiger partial charge in [-0.25, -0.2) is 15.4 Å². The standard InChI is InChI=1S/C32H29N5O2/c38-31(35-39)27-15-33-32(34-16-27)37-19-28-29(20-37)30(28)36(17-21-9-11-23-5-1-3-7-25(23)13-21)18-22-10-12-24-6-2-4-8-26(24)14-22/h1-16,28-30,39H,17-20H2,(H,35,38). The largest absolute Gasteiger partial charge is 0.340 e. The molecule has 2 unspecified atom stereocenters. The Hall–Kier alpha value is -4.33. The lowest BCUT2D eigenvalue weighted by atomic mass is 10.0. The van der Waals surface area contributed by atoms with Crippen molar-refractivity contribution in [3.8, 4) is 0 Å². The van der Waals surface area contributed by atoms with Crippen molar-refractivity contribution in [3.63, 3.8) is 0 Å². The summed E-state index contributed by atoms with van der Waals surface area (Å²) in [5.74, 6) is 1.12. The second kappa shape index (κ2) is 9.76. The predicted octanol–water partition coefficient (Wildman–Crippen LogP) is 5.04. The van der Waals surface area contributed by atoms with Crippen LogP contribution >= 0.6 is 0 Å². The molecule has 2 heterocycles. The fourth-order valence-corrected chi connectivity index (χ4v) is 6.28. The third kappa shape index (κ3) is 4.60. The Morgan fingerprint density at radius 1 is 0.795 bits per heavy atom. The number of carbonyl (C=O) groups excluding carboxylic acids is 1. The van der Waals surface area contributed by atoms with Crippen molar-refractivity contribution in [1.29, 1.82) is 0 Å². The van der Waals surface area contributed by atoms with Gasteiger partial charge in [-0.3, -0.25) is 14.9 Å². The van der Waals surface area contributed by atoms with Crippen molar-refractivity contribution < 1.29 is 10.0 Å². The average Bonchev–Trinajstić information content (AvgIpc) is 3.48. The number of hydrogen-bond donors (Lipinski definition) is 2. The van der Waals surface area contributed by atoms with Crippen molar-refractivity contribution in [1.82, 2.24) is 20.3 Å². The third-order valence-electron chi connectivity index (χ3n) is 8.25. The van der Waals surface area contributed by atoms with E-state index < -0.39 is 5.91 Å². The lowest BCUT2D eigenvalue weighted by Crippen LogP contribution is -2.35. The number of hydroxylamine groups is 1. The van der Waals surface area contributed by atoms with E-state index in [4.69, 9.17) is 5.21 Å². The topological polar surface area (TPSA) is 81.6 Å². The van der Waals surface area contributed by atoms with E-state index in [1.165, 1.54) is 45.1 Å². The van der Waals surface area contributed by atoms with Crippen LogP contribution in [0.5, 0.6) is 0 Å². The Morgan fingerprint density at radius 2 is 1.31 bits per heavy atom. The molecule has 0 spiro atoms. The maximum Gasteiger partial charge on any atom is 0.277 e. The number of amides is 1. The molecule has 1 amide bonds. The number of anilines is 1. The summed E-state index contributed by atoms with van der Waals surface area (Å²) >= 11 is 0. The molecule has 2 aliphatic rings. The Kier molecular flexibility index (Phi) is 5.95. The van der Waals surface area contributed by atoms with Gasteiger partial charge >= 0.3 is 0 Å². The summed E-state index contributed by atoms with van der Waals surface area (Å²) in [5.41, 5.74) is 4.52. The van der Waals surface area contributed by atoms with Crippen molar-refractivity contribution in [3.05, 3.63) is 114 Å². The zero-order valence-corrected chi connectivity index (χ0v) is 21.4. The van der Waals surface area contributed by atoms with Gasteiger partial charge in [-0.15, -0.1) is 0 Å². The Morgan fingerprint density at radius 3 is 1.82 bits per heavy atom. The Labute approximate surface area is 226 Å². The third-order valence-corrected chi connectivity index (χ3v) is 8.25. The molecule has 4 aromatic carbocycles. The van der Waals surface area contributed by atoms with Crippen LogP contribution in [-0.4, -0.2) is 45.1 Å². The molecule has 5 aromatic rings. The molecule has 7 heteroatoms. The molecule has 0 radical (unpaired) electrons. The number of hydrogen-bond acceptors (Lipinski definition) is 6. The number of aromatic nitrogens is 2. The molecule has 7 rings (SSSR count). The summed E-state index contributed by atoms with van der Waals surface area (Å²) in [6.45, 7) is 3.59.